The number of aromatic nitrogens is 1. The largest absolute Gasteiger partial charge is 0.370 e. The maximum atomic E-state index is 12.5. The van der Waals surface area contributed by atoms with Crippen molar-refractivity contribution >= 4 is 11.6 Å². The Labute approximate surface area is 174 Å². The van der Waals surface area contributed by atoms with Gasteiger partial charge in [0.1, 0.15) is 0 Å². The second kappa shape index (κ2) is 8.17. The summed E-state index contributed by atoms with van der Waals surface area (Å²) in [5.41, 5.74) is 4.14. The first kappa shape index (κ1) is 19.9. The fourth-order valence-corrected chi connectivity index (χ4v) is 4.50. The van der Waals surface area contributed by atoms with Gasteiger partial charge in [0.25, 0.3) is 0 Å². The second-order valence-corrected chi connectivity index (χ2v) is 9.87. The molecule has 1 aromatic heterocycles. The minimum atomic E-state index is 0.0661. The Balaban J connectivity index is 1.28. The summed E-state index contributed by atoms with van der Waals surface area (Å²) in [6, 6.07) is 13.3. The predicted octanol–water partition coefficient (Wildman–Crippen LogP) is 4.83. The first-order valence-corrected chi connectivity index (χ1v) is 10.9. The molecule has 2 saturated heterocycles. The quantitative estimate of drug-likeness (QED) is 0.749. The Morgan fingerprint density at radius 1 is 1.00 bits per heavy atom. The fraction of sp³-hybridized carbons (Fsp3) is 0.520. The minimum Gasteiger partial charge on any atom is -0.370 e. The van der Waals surface area contributed by atoms with Crippen molar-refractivity contribution in [1.82, 2.24) is 9.88 Å². The minimum absolute atomic E-state index is 0.0661. The van der Waals surface area contributed by atoms with Crippen molar-refractivity contribution in [3.05, 3.63) is 59.9 Å². The van der Waals surface area contributed by atoms with Gasteiger partial charge in [-0.25, -0.2) is 0 Å². The second-order valence-electron chi connectivity index (χ2n) is 9.87. The van der Waals surface area contributed by atoms with Crippen molar-refractivity contribution in [3.63, 3.8) is 0 Å². The van der Waals surface area contributed by atoms with Crippen LogP contribution in [0.15, 0.2) is 48.8 Å². The van der Waals surface area contributed by atoms with Crippen LogP contribution in [0.25, 0.3) is 0 Å². The van der Waals surface area contributed by atoms with Crippen LogP contribution in [-0.2, 0) is 4.79 Å². The number of carbonyl (C=O) groups is 1. The molecule has 2 fully saturated rings. The SMILES string of the molecule is CC(C)(C)CC(=O)N1CCC(c2ccc(N3CC(c4cccnc4)C3)cc2)CC1. The highest BCUT2D eigenvalue weighted by molar-refractivity contribution is 5.77. The van der Waals surface area contributed by atoms with Crippen molar-refractivity contribution in [2.45, 2.75) is 51.9 Å². The molecule has 0 N–H and O–H groups in total. The number of piperidine rings is 1. The van der Waals surface area contributed by atoms with E-state index in [9.17, 15) is 4.79 Å². The van der Waals surface area contributed by atoms with Crippen LogP contribution in [0.2, 0.25) is 0 Å². The third-order valence-corrected chi connectivity index (χ3v) is 6.30. The van der Waals surface area contributed by atoms with Crippen molar-refractivity contribution in [1.29, 1.82) is 0 Å². The molecule has 4 nitrogen and oxygen atoms in total. The smallest absolute Gasteiger partial charge is 0.223 e. The first-order valence-electron chi connectivity index (χ1n) is 10.9. The van der Waals surface area contributed by atoms with Gasteiger partial charge >= 0.3 is 0 Å². The van der Waals surface area contributed by atoms with E-state index in [1.165, 1.54) is 16.8 Å². The first-order chi connectivity index (χ1) is 13.9. The van der Waals surface area contributed by atoms with Crippen LogP contribution < -0.4 is 4.90 Å². The molecule has 0 atom stereocenters. The van der Waals surface area contributed by atoms with Gasteiger partial charge in [-0.15, -0.1) is 0 Å². The van der Waals surface area contributed by atoms with Gasteiger partial charge in [-0.1, -0.05) is 39.0 Å². The van der Waals surface area contributed by atoms with Gasteiger partial charge in [-0.05, 0) is 53.5 Å². The summed E-state index contributed by atoms with van der Waals surface area (Å²) in [5.74, 6) is 1.48. The third-order valence-electron chi connectivity index (χ3n) is 6.30. The van der Waals surface area contributed by atoms with Gasteiger partial charge < -0.3 is 9.80 Å². The van der Waals surface area contributed by atoms with E-state index < -0.39 is 0 Å². The van der Waals surface area contributed by atoms with Crippen LogP contribution in [0.5, 0.6) is 0 Å². The van der Waals surface area contributed by atoms with Crippen LogP contribution in [-0.4, -0.2) is 42.0 Å². The molecule has 2 aliphatic rings. The lowest BCUT2D eigenvalue weighted by atomic mass is 9.87. The number of amides is 1. The lowest BCUT2D eigenvalue weighted by molar-refractivity contribution is -0.134. The molecule has 1 amide bonds. The summed E-state index contributed by atoms with van der Waals surface area (Å²) in [6.07, 6.45) is 6.61. The topological polar surface area (TPSA) is 36.4 Å². The zero-order valence-corrected chi connectivity index (χ0v) is 18.0. The number of hydrogen-bond donors (Lipinski definition) is 0. The van der Waals surface area contributed by atoms with Gasteiger partial charge in [0.15, 0.2) is 0 Å². The highest BCUT2D eigenvalue weighted by Gasteiger charge is 2.29. The van der Waals surface area contributed by atoms with Gasteiger partial charge in [-0.3, -0.25) is 9.78 Å². The van der Waals surface area contributed by atoms with E-state index in [2.05, 4.69) is 65.9 Å². The Morgan fingerprint density at radius 2 is 1.69 bits per heavy atom. The van der Waals surface area contributed by atoms with E-state index >= 15 is 0 Å². The number of carbonyl (C=O) groups excluding carboxylic acids is 1. The molecule has 0 radical (unpaired) electrons. The summed E-state index contributed by atoms with van der Waals surface area (Å²) < 4.78 is 0. The summed E-state index contributed by atoms with van der Waals surface area (Å²) in [5, 5.41) is 0. The summed E-state index contributed by atoms with van der Waals surface area (Å²) in [6.45, 7) is 10.3. The molecule has 1 aromatic carbocycles. The van der Waals surface area contributed by atoms with Crippen molar-refractivity contribution in [2.75, 3.05) is 31.1 Å². The molecule has 0 aliphatic carbocycles. The van der Waals surface area contributed by atoms with Gasteiger partial charge in [-0.2, -0.15) is 0 Å². The van der Waals surface area contributed by atoms with Crippen molar-refractivity contribution < 1.29 is 4.79 Å². The summed E-state index contributed by atoms with van der Waals surface area (Å²) >= 11 is 0. The number of anilines is 1. The summed E-state index contributed by atoms with van der Waals surface area (Å²) in [4.78, 5) is 21.2. The number of hydrogen-bond acceptors (Lipinski definition) is 3. The van der Waals surface area contributed by atoms with Crippen LogP contribution in [0.1, 0.15) is 63.0 Å². The van der Waals surface area contributed by atoms with Crippen LogP contribution >= 0.6 is 0 Å². The predicted molar refractivity (Wildman–Crippen MR) is 118 cm³/mol. The number of pyridine rings is 1. The number of benzene rings is 1. The molecule has 2 aromatic rings. The molecule has 0 saturated carbocycles. The Kier molecular flexibility index (Phi) is 5.62. The molecule has 0 bridgehead atoms. The highest BCUT2D eigenvalue weighted by Crippen LogP contribution is 2.34. The average Bonchev–Trinajstić information content (AvgIpc) is 2.67. The Hall–Kier alpha value is -2.36. The standard InChI is InChI=1S/C25H33N3O/c1-25(2,3)15-24(29)27-13-10-20(11-14-27)19-6-8-23(9-7-19)28-17-22(18-28)21-5-4-12-26-16-21/h4-9,12,16,20,22H,10-11,13-15,17-18H2,1-3H3. The molecule has 0 spiro atoms. The fourth-order valence-electron chi connectivity index (χ4n) is 4.50. The lowest BCUT2D eigenvalue weighted by Crippen LogP contribution is -2.45. The van der Waals surface area contributed by atoms with Gasteiger partial charge in [0.05, 0.1) is 0 Å². The summed E-state index contributed by atoms with van der Waals surface area (Å²) in [7, 11) is 0. The Bertz CT molecular complexity index is 811. The van der Waals surface area contributed by atoms with E-state index in [4.69, 9.17) is 0 Å². The highest BCUT2D eigenvalue weighted by atomic mass is 16.2. The zero-order chi connectivity index (χ0) is 20.4. The van der Waals surface area contributed by atoms with E-state index in [0.717, 1.165) is 39.0 Å². The van der Waals surface area contributed by atoms with Crippen molar-refractivity contribution in [3.8, 4) is 0 Å². The van der Waals surface area contributed by atoms with E-state index in [-0.39, 0.29) is 5.41 Å². The molecule has 154 valence electrons. The van der Waals surface area contributed by atoms with Crippen LogP contribution in [0, 0.1) is 5.41 Å². The van der Waals surface area contributed by atoms with Gasteiger partial charge in [0, 0.05) is 56.6 Å². The molecule has 29 heavy (non-hydrogen) atoms. The van der Waals surface area contributed by atoms with E-state index in [0.29, 0.717) is 24.2 Å². The molecule has 4 rings (SSSR count). The Morgan fingerprint density at radius 3 is 2.28 bits per heavy atom. The number of likely N-dealkylation sites (tertiary alicyclic amines) is 1. The molecular weight excluding hydrogens is 358 g/mol. The maximum Gasteiger partial charge on any atom is 0.223 e. The molecule has 2 aliphatic heterocycles. The van der Waals surface area contributed by atoms with Crippen molar-refractivity contribution in [2.24, 2.45) is 5.41 Å². The number of nitrogens with zero attached hydrogens (tertiary/aromatic N) is 3. The molecular formula is C25H33N3O. The van der Waals surface area contributed by atoms with Crippen LogP contribution in [0.4, 0.5) is 5.69 Å². The molecule has 0 unspecified atom stereocenters. The number of rotatable bonds is 4. The zero-order valence-electron chi connectivity index (χ0n) is 18.0. The van der Waals surface area contributed by atoms with Gasteiger partial charge in [0.2, 0.25) is 5.91 Å². The normalized spacial score (nSPS) is 18.6. The maximum absolute atomic E-state index is 12.5. The van der Waals surface area contributed by atoms with Crippen LogP contribution in [0.3, 0.4) is 0 Å². The average molecular weight is 392 g/mol. The molecule has 3 heterocycles. The lowest BCUT2D eigenvalue weighted by Gasteiger charge is -2.41. The van der Waals surface area contributed by atoms with E-state index in [1.54, 1.807) is 0 Å². The molecule has 4 heteroatoms. The van der Waals surface area contributed by atoms with E-state index in [1.807, 2.05) is 18.5 Å². The monoisotopic (exact) mass is 391 g/mol. The third kappa shape index (κ3) is 4.80.